The lowest BCUT2D eigenvalue weighted by Crippen LogP contribution is -2.11. The Kier molecular flexibility index (Phi) is 3.80. The van der Waals surface area contributed by atoms with E-state index in [-0.39, 0.29) is 11.2 Å². The highest BCUT2D eigenvalue weighted by Crippen LogP contribution is 2.28. The van der Waals surface area contributed by atoms with Crippen LogP contribution in [0.3, 0.4) is 0 Å². The highest BCUT2D eigenvalue weighted by molar-refractivity contribution is 7.98. The minimum atomic E-state index is -0.337. The number of nitrogen functional groups attached to an aromatic ring is 1. The van der Waals surface area contributed by atoms with E-state index >= 15 is 0 Å². The SMILES string of the molecule is CC(C)(C)c1nc(CSc2ccc(F)cc2N)no1. The molecule has 0 aliphatic heterocycles. The fraction of sp³-hybridized carbons (Fsp3) is 0.385. The van der Waals surface area contributed by atoms with Crippen LogP contribution in [0.25, 0.3) is 0 Å². The van der Waals surface area contributed by atoms with E-state index in [4.69, 9.17) is 10.3 Å². The fourth-order valence-corrected chi connectivity index (χ4v) is 2.20. The van der Waals surface area contributed by atoms with Gasteiger partial charge >= 0.3 is 0 Å². The van der Waals surface area contributed by atoms with Gasteiger partial charge in [-0.05, 0) is 18.2 Å². The van der Waals surface area contributed by atoms with Crippen LogP contribution in [0.4, 0.5) is 10.1 Å². The molecule has 4 nitrogen and oxygen atoms in total. The molecule has 0 unspecified atom stereocenters. The smallest absolute Gasteiger partial charge is 0.232 e. The van der Waals surface area contributed by atoms with E-state index < -0.39 is 0 Å². The first-order valence-electron chi connectivity index (χ1n) is 5.87. The Balaban J connectivity index is 2.04. The molecule has 1 aromatic heterocycles. The van der Waals surface area contributed by atoms with Crippen molar-refractivity contribution in [3.8, 4) is 0 Å². The molecule has 102 valence electrons. The molecule has 0 atom stereocenters. The van der Waals surface area contributed by atoms with Crippen LogP contribution in [-0.4, -0.2) is 10.1 Å². The first kappa shape index (κ1) is 13.9. The predicted octanol–water partition coefficient (Wildman–Crippen LogP) is 3.38. The predicted molar refractivity (Wildman–Crippen MR) is 73.4 cm³/mol. The maximum atomic E-state index is 12.9. The van der Waals surface area contributed by atoms with Crippen LogP contribution in [0.15, 0.2) is 27.6 Å². The van der Waals surface area contributed by atoms with Crippen LogP contribution < -0.4 is 5.73 Å². The number of benzene rings is 1. The zero-order chi connectivity index (χ0) is 14.0. The average Bonchev–Trinajstić information content (AvgIpc) is 2.76. The summed E-state index contributed by atoms with van der Waals surface area (Å²) in [5.74, 6) is 1.42. The quantitative estimate of drug-likeness (QED) is 0.690. The molecule has 0 aliphatic carbocycles. The highest BCUT2D eigenvalue weighted by atomic mass is 32.2. The van der Waals surface area contributed by atoms with Crippen LogP contribution in [0, 0.1) is 5.82 Å². The molecule has 0 bridgehead atoms. The lowest BCUT2D eigenvalue weighted by Gasteiger charge is -2.10. The zero-order valence-corrected chi connectivity index (χ0v) is 11.9. The number of thioether (sulfide) groups is 1. The van der Waals surface area contributed by atoms with Gasteiger partial charge in [-0.15, -0.1) is 11.8 Å². The summed E-state index contributed by atoms with van der Waals surface area (Å²) in [6.07, 6.45) is 0. The monoisotopic (exact) mass is 281 g/mol. The number of nitrogens with two attached hydrogens (primary N) is 1. The van der Waals surface area contributed by atoms with Gasteiger partial charge in [0, 0.05) is 16.0 Å². The molecular formula is C13H16FN3OS. The van der Waals surface area contributed by atoms with Gasteiger partial charge in [0.25, 0.3) is 0 Å². The number of halogens is 1. The van der Waals surface area contributed by atoms with E-state index in [0.29, 0.717) is 23.2 Å². The second kappa shape index (κ2) is 5.21. The van der Waals surface area contributed by atoms with Gasteiger partial charge in [-0.25, -0.2) is 4.39 Å². The van der Waals surface area contributed by atoms with Crippen LogP contribution >= 0.6 is 11.8 Å². The summed E-state index contributed by atoms with van der Waals surface area (Å²) >= 11 is 1.46. The molecule has 6 heteroatoms. The lowest BCUT2D eigenvalue weighted by molar-refractivity contribution is 0.319. The standard InChI is InChI=1S/C13H16FN3OS/c1-13(2,3)12-16-11(17-18-12)7-19-10-5-4-8(14)6-9(10)15/h4-6H,7,15H2,1-3H3. The molecule has 1 aromatic carbocycles. The van der Waals surface area contributed by atoms with Crippen molar-refractivity contribution in [3.63, 3.8) is 0 Å². The molecule has 0 amide bonds. The Hall–Kier alpha value is -1.56. The molecule has 2 rings (SSSR count). The van der Waals surface area contributed by atoms with Gasteiger partial charge in [-0.3, -0.25) is 0 Å². The van der Waals surface area contributed by atoms with Gasteiger partial charge in [0.1, 0.15) is 5.82 Å². The normalized spacial score (nSPS) is 11.8. The van der Waals surface area contributed by atoms with E-state index in [0.717, 1.165) is 4.90 Å². The third-order valence-corrected chi connectivity index (χ3v) is 3.52. The van der Waals surface area contributed by atoms with Crippen LogP contribution in [-0.2, 0) is 11.2 Å². The average molecular weight is 281 g/mol. The van der Waals surface area contributed by atoms with Gasteiger partial charge in [0.2, 0.25) is 5.89 Å². The molecule has 0 fully saturated rings. The molecular weight excluding hydrogens is 265 g/mol. The number of nitrogens with zero attached hydrogens (tertiary/aromatic N) is 2. The lowest BCUT2D eigenvalue weighted by atomic mass is 9.97. The number of hydrogen-bond donors (Lipinski definition) is 1. The summed E-state index contributed by atoms with van der Waals surface area (Å²) < 4.78 is 18.1. The summed E-state index contributed by atoms with van der Waals surface area (Å²) in [4.78, 5) is 5.14. The maximum Gasteiger partial charge on any atom is 0.232 e. The second-order valence-corrected chi connectivity index (χ2v) is 6.25. The first-order valence-corrected chi connectivity index (χ1v) is 6.86. The van der Waals surface area contributed by atoms with Crippen molar-refractivity contribution in [1.29, 1.82) is 0 Å². The molecule has 0 saturated carbocycles. The Labute approximate surface area is 115 Å². The number of hydrogen-bond acceptors (Lipinski definition) is 5. The van der Waals surface area contributed by atoms with Gasteiger partial charge in [-0.2, -0.15) is 4.98 Å². The van der Waals surface area contributed by atoms with Gasteiger partial charge in [0.05, 0.1) is 5.75 Å². The number of anilines is 1. The molecule has 2 aromatic rings. The number of rotatable bonds is 3. The summed E-state index contributed by atoms with van der Waals surface area (Å²) in [5.41, 5.74) is 5.99. The van der Waals surface area contributed by atoms with Gasteiger partial charge in [-0.1, -0.05) is 25.9 Å². The number of aromatic nitrogens is 2. The van der Waals surface area contributed by atoms with Crippen LogP contribution in [0.5, 0.6) is 0 Å². The van der Waals surface area contributed by atoms with Crippen molar-refractivity contribution in [3.05, 3.63) is 35.7 Å². The minimum Gasteiger partial charge on any atom is -0.398 e. The molecule has 0 spiro atoms. The summed E-state index contributed by atoms with van der Waals surface area (Å²) in [6, 6.07) is 4.34. The van der Waals surface area contributed by atoms with E-state index in [1.54, 1.807) is 6.07 Å². The Bertz CT molecular complexity index is 578. The third-order valence-electron chi connectivity index (χ3n) is 2.44. The molecule has 0 aliphatic rings. The van der Waals surface area contributed by atoms with Crippen molar-refractivity contribution < 1.29 is 8.91 Å². The zero-order valence-electron chi connectivity index (χ0n) is 11.1. The minimum absolute atomic E-state index is 0.162. The van der Waals surface area contributed by atoms with E-state index in [1.807, 2.05) is 20.8 Å². The summed E-state index contributed by atoms with van der Waals surface area (Å²) in [6.45, 7) is 6.03. The van der Waals surface area contributed by atoms with E-state index in [2.05, 4.69) is 10.1 Å². The van der Waals surface area contributed by atoms with Gasteiger partial charge in [0.15, 0.2) is 5.82 Å². The van der Waals surface area contributed by atoms with Crippen LogP contribution in [0.2, 0.25) is 0 Å². The van der Waals surface area contributed by atoms with Crippen molar-refractivity contribution in [2.45, 2.75) is 36.8 Å². The molecule has 1 heterocycles. The second-order valence-electron chi connectivity index (χ2n) is 5.24. The van der Waals surface area contributed by atoms with Crippen molar-refractivity contribution in [1.82, 2.24) is 10.1 Å². The maximum absolute atomic E-state index is 12.9. The summed E-state index contributed by atoms with van der Waals surface area (Å²) in [7, 11) is 0. The van der Waals surface area contributed by atoms with E-state index in [1.165, 1.54) is 23.9 Å². The third kappa shape index (κ3) is 3.47. The van der Waals surface area contributed by atoms with E-state index in [9.17, 15) is 4.39 Å². The fourth-order valence-electron chi connectivity index (χ4n) is 1.41. The first-order chi connectivity index (χ1) is 8.86. The van der Waals surface area contributed by atoms with Crippen LogP contribution in [0.1, 0.15) is 32.5 Å². The largest absolute Gasteiger partial charge is 0.398 e. The Morgan fingerprint density at radius 3 is 2.68 bits per heavy atom. The highest BCUT2D eigenvalue weighted by Gasteiger charge is 2.21. The van der Waals surface area contributed by atoms with Crippen molar-refractivity contribution in [2.24, 2.45) is 0 Å². The van der Waals surface area contributed by atoms with Gasteiger partial charge < -0.3 is 10.3 Å². The Morgan fingerprint density at radius 1 is 1.37 bits per heavy atom. The summed E-state index contributed by atoms with van der Waals surface area (Å²) in [5, 5.41) is 3.92. The molecule has 0 saturated heterocycles. The molecule has 2 N–H and O–H groups in total. The topological polar surface area (TPSA) is 64.9 Å². The molecule has 19 heavy (non-hydrogen) atoms. The Morgan fingerprint density at radius 2 is 2.11 bits per heavy atom. The molecule has 0 radical (unpaired) electrons. The van der Waals surface area contributed by atoms with Crippen molar-refractivity contribution >= 4 is 17.4 Å². The van der Waals surface area contributed by atoms with Crippen molar-refractivity contribution in [2.75, 3.05) is 5.73 Å².